The third-order valence-electron chi connectivity index (χ3n) is 0.156. The van der Waals surface area contributed by atoms with E-state index in [1.165, 1.54) is 7.11 Å². The first-order valence-corrected chi connectivity index (χ1v) is 4.45. The van der Waals surface area contributed by atoms with E-state index in [1.807, 2.05) is 0 Å². The van der Waals surface area contributed by atoms with Gasteiger partial charge in [0.15, 0.2) is 0 Å². The lowest BCUT2D eigenvalue weighted by atomic mass is 11.8. The van der Waals surface area contributed by atoms with Crippen molar-refractivity contribution in [3.63, 3.8) is 0 Å². The summed E-state index contributed by atoms with van der Waals surface area (Å²) in [6.45, 7) is 0. The number of rotatable bonds is 1. The van der Waals surface area contributed by atoms with Crippen LogP contribution in [0.15, 0.2) is 0 Å². The van der Waals surface area contributed by atoms with Crippen molar-refractivity contribution in [2.45, 2.75) is 0 Å². The quantitative estimate of drug-likeness (QED) is 0.467. The van der Waals surface area contributed by atoms with Crippen LogP contribution in [-0.2, 0) is 13.7 Å². The highest BCUT2D eigenvalue weighted by molar-refractivity contribution is 8.33. The zero-order valence-corrected chi connectivity index (χ0v) is 6.70. The largest absolute Gasteiger partial charge is 0.694 e. The van der Waals surface area contributed by atoms with Gasteiger partial charge in [-0.1, -0.05) is 12.2 Å². The van der Waals surface area contributed by atoms with Crippen molar-refractivity contribution in [2.24, 2.45) is 0 Å². The molecule has 0 amide bonds. The van der Waals surface area contributed by atoms with Crippen LogP contribution < -0.4 is 0 Å². The highest BCUT2D eigenvalue weighted by atomic mass is 32.7. The van der Waals surface area contributed by atoms with Gasteiger partial charge in [0, 0.05) is 4.57 Å². The molecule has 0 saturated heterocycles. The van der Waals surface area contributed by atoms with E-state index in [0.29, 0.717) is 0 Å². The van der Waals surface area contributed by atoms with Gasteiger partial charge in [0.2, 0.25) is 7.66 Å². The molecule has 0 aromatic heterocycles. The summed E-state index contributed by atoms with van der Waals surface area (Å²) >= 11 is 3.21. The molecule has 0 rings (SSSR count). The molecule has 0 aliphatic heterocycles. The fourth-order valence-electron chi connectivity index (χ4n) is 0. The van der Waals surface area contributed by atoms with Crippen LogP contribution in [0.1, 0.15) is 0 Å². The van der Waals surface area contributed by atoms with Gasteiger partial charge in [-0.25, -0.2) is 0 Å². The van der Waals surface area contributed by atoms with E-state index in [0.717, 1.165) is 0 Å². The Hall–Kier alpha value is 0.470. The second kappa shape index (κ2) is 10.5. The molecule has 1 unspecified atom stereocenters. The average Bonchev–Trinajstić information content (AvgIpc) is 1.69. The fourth-order valence-corrected chi connectivity index (χ4v) is 0. The topological polar surface area (TPSA) is 63.6 Å². The lowest BCUT2D eigenvalue weighted by Gasteiger charge is -1.55. The molecule has 0 heterocycles. The molecule has 0 spiro atoms. The molecule has 0 aromatic rings. The summed E-state index contributed by atoms with van der Waals surface area (Å²) in [5, 5.41) is 0. The number of hydrogen-bond donors (Lipinski definition) is 2. The number of thiol groups is 1. The predicted octanol–water partition coefficient (Wildman–Crippen LogP) is 1.41. The maximum absolute atomic E-state index is 9.29. The van der Waals surface area contributed by atoms with Crippen LogP contribution in [0, 0.1) is 0 Å². The van der Waals surface area contributed by atoms with Crippen molar-refractivity contribution >= 4 is 28.2 Å². The minimum absolute atomic E-state index is 0.139. The third kappa shape index (κ3) is 31.7. The molecule has 0 radical (unpaired) electrons. The third-order valence-corrected chi connectivity index (χ3v) is 0.469. The molecule has 0 aromatic carbocycles. The highest BCUT2D eigenvalue weighted by Crippen LogP contribution is 2.09. The molecule has 0 fully saturated rings. The molecule has 0 aliphatic carbocycles. The molecule has 7 heteroatoms. The first-order valence-electron chi connectivity index (χ1n) is 1.36. The number of hydrogen-bond acceptors (Lipinski definition) is 3. The second-order valence-corrected chi connectivity index (χ2v) is 2.00. The van der Waals surface area contributed by atoms with Crippen LogP contribution in [0.3, 0.4) is 0 Å². The first-order chi connectivity index (χ1) is 3.68. The van der Waals surface area contributed by atoms with E-state index in [-0.39, 0.29) is 7.66 Å². The fraction of sp³-hybridized carbons (Fsp3) is 1.00. The summed E-state index contributed by atoms with van der Waals surface area (Å²) in [4.78, 5) is 7.65. The van der Waals surface area contributed by atoms with Crippen LogP contribution in [0.25, 0.3) is 0 Å². The van der Waals surface area contributed by atoms with Crippen molar-refractivity contribution in [3.8, 4) is 0 Å². The van der Waals surface area contributed by atoms with Gasteiger partial charge in [-0.3, -0.25) is 4.57 Å². The predicted molar refractivity (Wildman–Crippen MR) is 33.4 cm³/mol. The lowest BCUT2D eigenvalue weighted by Crippen LogP contribution is -1.57. The Morgan fingerprint density at radius 2 is 2.00 bits per heavy atom. The molecule has 8 heavy (non-hydrogen) atoms. The Morgan fingerprint density at radius 1 is 1.88 bits per heavy atom. The van der Waals surface area contributed by atoms with Crippen molar-refractivity contribution in [1.82, 2.24) is 0 Å². The van der Waals surface area contributed by atoms with Crippen molar-refractivity contribution < 1.29 is 18.5 Å². The van der Waals surface area contributed by atoms with Gasteiger partial charge < -0.3 is 0 Å². The Kier molecular flexibility index (Phi) is 14.7. The summed E-state index contributed by atoms with van der Waals surface area (Å²) < 4.78 is 21.9. The van der Waals surface area contributed by atoms with Gasteiger partial charge in [0.1, 0.15) is 0 Å². The molecule has 48 valence electrons. The van der Waals surface area contributed by atoms with Gasteiger partial charge in [-0.15, -0.1) is 9.42 Å². The maximum Gasteiger partial charge on any atom is 0.694 e. The first kappa shape index (κ1) is 11.3. The standard InChI is InChI=1S/CH3O3P.HOPS/c1-4-5(2)3;1-2-3/h1H3;(H,1,3)/p+1. The molecular formula is CH5O4P2S+. The lowest BCUT2D eigenvalue weighted by molar-refractivity contribution is 0.343. The summed E-state index contributed by atoms with van der Waals surface area (Å²) in [7, 11) is -1.32. The zero-order valence-electron chi connectivity index (χ0n) is 4.01. The minimum atomic E-state index is -2.35. The highest BCUT2D eigenvalue weighted by Gasteiger charge is 2.02. The summed E-state index contributed by atoms with van der Waals surface area (Å²) in [6, 6.07) is 0. The minimum Gasteiger partial charge on any atom is -0.262 e. The average molecular weight is 175 g/mol. The Labute approximate surface area is 54.6 Å². The van der Waals surface area contributed by atoms with E-state index in [1.54, 1.807) is 0 Å². The Balaban J connectivity index is 0. The van der Waals surface area contributed by atoms with E-state index in [4.69, 9.17) is 9.46 Å². The summed E-state index contributed by atoms with van der Waals surface area (Å²) in [6.07, 6.45) is 0. The van der Waals surface area contributed by atoms with Gasteiger partial charge in [-0.2, -0.15) is 0 Å². The van der Waals surface area contributed by atoms with Crippen molar-refractivity contribution in [3.05, 3.63) is 0 Å². The summed E-state index contributed by atoms with van der Waals surface area (Å²) in [5.74, 6) is 0. The van der Waals surface area contributed by atoms with Crippen LogP contribution in [0.4, 0.5) is 0 Å². The van der Waals surface area contributed by atoms with Gasteiger partial charge in [0.25, 0.3) is 0 Å². The van der Waals surface area contributed by atoms with Crippen LogP contribution in [0.5, 0.6) is 0 Å². The molecule has 4 nitrogen and oxygen atoms in total. The van der Waals surface area contributed by atoms with E-state index in [9.17, 15) is 4.57 Å². The van der Waals surface area contributed by atoms with Gasteiger partial charge in [0.05, 0.1) is 7.11 Å². The molecular weight excluding hydrogens is 170 g/mol. The van der Waals surface area contributed by atoms with Gasteiger partial charge in [-0.05, 0) is 0 Å². The maximum atomic E-state index is 9.29. The van der Waals surface area contributed by atoms with Crippen LogP contribution in [-0.4, -0.2) is 12.0 Å². The normalized spacial score (nSPS) is 9.62. The van der Waals surface area contributed by atoms with Crippen molar-refractivity contribution in [2.75, 3.05) is 7.11 Å². The SMILES string of the molecule is CO[P+](=O)O.O=PS. The second-order valence-electron chi connectivity index (χ2n) is 0.502. The van der Waals surface area contributed by atoms with E-state index >= 15 is 0 Å². The molecule has 0 aliphatic rings. The smallest absolute Gasteiger partial charge is 0.262 e. The molecule has 0 bridgehead atoms. The van der Waals surface area contributed by atoms with Crippen LogP contribution in [0.2, 0.25) is 0 Å². The molecule has 1 N–H and O–H groups in total. The van der Waals surface area contributed by atoms with Crippen molar-refractivity contribution in [1.29, 1.82) is 0 Å². The molecule has 0 saturated carbocycles. The van der Waals surface area contributed by atoms with E-state index in [2.05, 4.69) is 16.8 Å². The Bertz CT molecular complexity index is 74.4. The van der Waals surface area contributed by atoms with Gasteiger partial charge >= 0.3 is 8.25 Å². The van der Waals surface area contributed by atoms with Crippen LogP contribution >= 0.6 is 28.2 Å². The van der Waals surface area contributed by atoms with E-state index < -0.39 is 8.25 Å². The Morgan fingerprint density at radius 3 is 2.00 bits per heavy atom. The molecule has 1 atom stereocenters. The monoisotopic (exact) mass is 175 g/mol. The summed E-state index contributed by atoms with van der Waals surface area (Å²) in [5.41, 5.74) is 0. The zero-order chi connectivity index (χ0) is 6.99.